The van der Waals surface area contributed by atoms with E-state index in [0.29, 0.717) is 25.2 Å². The molecule has 2 rings (SSSR count). The van der Waals surface area contributed by atoms with Crippen molar-refractivity contribution < 1.29 is 9.72 Å². The maximum Gasteiger partial charge on any atom is 0.287 e. The summed E-state index contributed by atoms with van der Waals surface area (Å²) >= 11 is 0. The molecule has 1 amide bonds. The minimum Gasteiger partial charge on any atom is -0.340 e. The summed E-state index contributed by atoms with van der Waals surface area (Å²) in [5, 5.41) is 10.8. The van der Waals surface area contributed by atoms with Gasteiger partial charge in [0.15, 0.2) is 0 Å². The molecule has 1 saturated carbocycles. The molecule has 7 heteroatoms. The fourth-order valence-corrected chi connectivity index (χ4v) is 2.02. The van der Waals surface area contributed by atoms with Crippen molar-refractivity contribution in [2.24, 2.45) is 5.73 Å². The maximum atomic E-state index is 12.3. The van der Waals surface area contributed by atoms with Gasteiger partial charge in [0.05, 0.1) is 11.1 Å². The van der Waals surface area contributed by atoms with Gasteiger partial charge in [0.2, 0.25) is 0 Å². The van der Waals surface area contributed by atoms with Gasteiger partial charge < -0.3 is 15.2 Å². The SMILES string of the molecule is CN(CCCN)C(=O)c1cc([N+](=O)[O-])cn1C1CC1. The summed E-state index contributed by atoms with van der Waals surface area (Å²) in [4.78, 5) is 24.2. The van der Waals surface area contributed by atoms with E-state index >= 15 is 0 Å². The standard InChI is InChI=1S/C12H18N4O3/c1-14(6-2-5-13)12(17)11-7-10(16(18)19)8-15(11)9-3-4-9/h7-9H,2-6,13H2,1H3. The van der Waals surface area contributed by atoms with E-state index in [1.165, 1.54) is 12.3 Å². The summed E-state index contributed by atoms with van der Waals surface area (Å²) in [6.45, 7) is 1.07. The third-order valence-electron chi connectivity index (χ3n) is 3.25. The van der Waals surface area contributed by atoms with Crippen LogP contribution in [-0.2, 0) is 0 Å². The van der Waals surface area contributed by atoms with Gasteiger partial charge in [0, 0.05) is 25.7 Å². The van der Waals surface area contributed by atoms with Crippen molar-refractivity contribution >= 4 is 11.6 Å². The molecule has 19 heavy (non-hydrogen) atoms. The first-order valence-electron chi connectivity index (χ1n) is 6.36. The van der Waals surface area contributed by atoms with Crippen LogP contribution < -0.4 is 5.73 Å². The molecule has 1 aromatic rings. The number of carbonyl (C=O) groups excluding carboxylic acids is 1. The Morgan fingerprint density at radius 1 is 1.63 bits per heavy atom. The van der Waals surface area contributed by atoms with Crippen LogP contribution in [0, 0.1) is 10.1 Å². The topological polar surface area (TPSA) is 94.4 Å². The number of hydrogen-bond acceptors (Lipinski definition) is 4. The smallest absolute Gasteiger partial charge is 0.287 e. The Balaban J connectivity index is 2.22. The summed E-state index contributed by atoms with van der Waals surface area (Å²) in [5.41, 5.74) is 5.79. The van der Waals surface area contributed by atoms with E-state index in [4.69, 9.17) is 5.73 Å². The summed E-state index contributed by atoms with van der Waals surface area (Å²) in [6.07, 6.45) is 4.12. The average Bonchev–Trinajstić information content (AvgIpc) is 3.13. The fraction of sp³-hybridized carbons (Fsp3) is 0.583. The molecule has 2 N–H and O–H groups in total. The molecule has 7 nitrogen and oxygen atoms in total. The van der Waals surface area contributed by atoms with Gasteiger partial charge in [-0.3, -0.25) is 14.9 Å². The molecular weight excluding hydrogens is 248 g/mol. The summed E-state index contributed by atoms with van der Waals surface area (Å²) in [6, 6.07) is 1.59. The van der Waals surface area contributed by atoms with Crippen LogP contribution in [-0.4, -0.2) is 40.4 Å². The summed E-state index contributed by atoms with van der Waals surface area (Å²) in [5.74, 6) is -0.187. The average molecular weight is 266 g/mol. The number of amides is 1. The van der Waals surface area contributed by atoms with Gasteiger partial charge in [-0.2, -0.15) is 0 Å². The second-order valence-corrected chi connectivity index (χ2v) is 4.85. The molecule has 0 spiro atoms. The second kappa shape index (κ2) is 5.40. The van der Waals surface area contributed by atoms with E-state index < -0.39 is 4.92 Å². The molecule has 0 atom stereocenters. The van der Waals surface area contributed by atoms with Crippen LogP contribution in [0.1, 0.15) is 35.8 Å². The van der Waals surface area contributed by atoms with Gasteiger partial charge in [-0.15, -0.1) is 0 Å². The number of aromatic nitrogens is 1. The van der Waals surface area contributed by atoms with Crippen molar-refractivity contribution in [3.8, 4) is 0 Å². The molecule has 0 aliphatic heterocycles. The van der Waals surface area contributed by atoms with Crippen molar-refractivity contribution in [2.45, 2.75) is 25.3 Å². The van der Waals surface area contributed by atoms with Gasteiger partial charge in [-0.25, -0.2) is 0 Å². The molecule has 0 saturated heterocycles. The highest BCUT2D eigenvalue weighted by molar-refractivity contribution is 5.93. The Morgan fingerprint density at radius 2 is 2.32 bits per heavy atom. The van der Waals surface area contributed by atoms with Crippen molar-refractivity contribution in [3.05, 3.63) is 28.1 Å². The lowest BCUT2D eigenvalue weighted by Crippen LogP contribution is -2.30. The highest BCUT2D eigenvalue weighted by Crippen LogP contribution is 2.38. The van der Waals surface area contributed by atoms with Crippen LogP contribution in [0.15, 0.2) is 12.3 Å². The molecule has 104 valence electrons. The molecule has 0 radical (unpaired) electrons. The quantitative estimate of drug-likeness (QED) is 0.617. The van der Waals surface area contributed by atoms with Crippen LogP contribution in [0.4, 0.5) is 5.69 Å². The van der Waals surface area contributed by atoms with Crippen LogP contribution in [0.2, 0.25) is 0 Å². The van der Waals surface area contributed by atoms with E-state index in [9.17, 15) is 14.9 Å². The number of nitrogens with zero attached hydrogens (tertiary/aromatic N) is 3. The Hall–Kier alpha value is -1.89. The van der Waals surface area contributed by atoms with Crippen LogP contribution in [0.3, 0.4) is 0 Å². The van der Waals surface area contributed by atoms with Crippen molar-refractivity contribution in [1.82, 2.24) is 9.47 Å². The van der Waals surface area contributed by atoms with Gasteiger partial charge in [-0.05, 0) is 25.8 Å². The van der Waals surface area contributed by atoms with Crippen molar-refractivity contribution in [3.63, 3.8) is 0 Å². The summed E-state index contributed by atoms with van der Waals surface area (Å²) in [7, 11) is 1.69. The minimum absolute atomic E-state index is 0.0255. The highest BCUT2D eigenvalue weighted by Gasteiger charge is 2.31. The van der Waals surface area contributed by atoms with Crippen molar-refractivity contribution in [2.75, 3.05) is 20.1 Å². The number of nitrogens with two attached hydrogens (primary N) is 1. The van der Waals surface area contributed by atoms with Crippen LogP contribution in [0.25, 0.3) is 0 Å². The third-order valence-corrected chi connectivity index (χ3v) is 3.25. The van der Waals surface area contributed by atoms with Gasteiger partial charge in [0.25, 0.3) is 11.6 Å². The third kappa shape index (κ3) is 2.93. The van der Waals surface area contributed by atoms with E-state index in [2.05, 4.69) is 0 Å². The Bertz CT molecular complexity index is 493. The van der Waals surface area contributed by atoms with Gasteiger partial charge >= 0.3 is 0 Å². The maximum absolute atomic E-state index is 12.3. The number of carbonyl (C=O) groups is 1. The molecule has 1 aliphatic rings. The molecular formula is C12H18N4O3. The highest BCUT2D eigenvalue weighted by atomic mass is 16.6. The number of nitro groups is 1. The molecule has 1 fully saturated rings. The zero-order valence-corrected chi connectivity index (χ0v) is 10.9. The first-order chi connectivity index (χ1) is 9.04. The largest absolute Gasteiger partial charge is 0.340 e. The second-order valence-electron chi connectivity index (χ2n) is 4.85. The van der Waals surface area contributed by atoms with Gasteiger partial charge in [-0.1, -0.05) is 0 Å². The monoisotopic (exact) mass is 266 g/mol. The fourth-order valence-electron chi connectivity index (χ4n) is 2.02. The first-order valence-corrected chi connectivity index (χ1v) is 6.36. The molecule has 1 aliphatic carbocycles. The number of hydrogen-bond donors (Lipinski definition) is 1. The van der Waals surface area contributed by atoms with E-state index in [-0.39, 0.29) is 17.6 Å². The Morgan fingerprint density at radius 3 is 2.84 bits per heavy atom. The lowest BCUT2D eigenvalue weighted by atomic mass is 10.3. The number of rotatable bonds is 6. The van der Waals surface area contributed by atoms with E-state index in [1.54, 1.807) is 16.5 Å². The molecule has 1 heterocycles. The zero-order chi connectivity index (χ0) is 14.0. The molecule has 0 unspecified atom stereocenters. The van der Waals surface area contributed by atoms with Crippen LogP contribution in [0.5, 0.6) is 0 Å². The lowest BCUT2D eigenvalue weighted by molar-refractivity contribution is -0.384. The predicted octanol–water partition coefficient (Wildman–Crippen LogP) is 1.15. The van der Waals surface area contributed by atoms with Gasteiger partial charge in [0.1, 0.15) is 5.69 Å². The van der Waals surface area contributed by atoms with Crippen molar-refractivity contribution in [1.29, 1.82) is 0 Å². The molecule has 1 aromatic heterocycles. The normalized spacial score (nSPS) is 14.4. The summed E-state index contributed by atoms with van der Waals surface area (Å²) < 4.78 is 1.74. The molecule has 0 bridgehead atoms. The molecule has 0 aromatic carbocycles. The van der Waals surface area contributed by atoms with E-state index in [0.717, 1.165) is 12.8 Å². The Labute approximate surface area is 111 Å². The lowest BCUT2D eigenvalue weighted by Gasteiger charge is -2.17. The Kier molecular flexibility index (Phi) is 3.84. The zero-order valence-electron chi connectivity index (χ0n) is 10.9. The predicted molar refractivity (Wildman–Crippen MR) is 70.0 cm³/mol. The van der Waals surface area contributed by atoms with Crippen LogP contribution >= 0.6 is 0 Å². The minimum atomic E-state index is -0.463. The first kappa shape index (κ1) is 13.5. The van der Waals surface area contributed by atoms with E-state index in [1.807, 2.05) is 0 Å².